The summed E-state index contributed by atoms with van der Waals surface area (Å²) in [4.78, 5) is 4.35. The van der Waals surface area contributed by atoms with E-state index in [4.69, 9.17) is 0 Å². The molecular formula is C22H21N3. The quantitative estimate of drug-likeness (QED) is 0.864. The second kappa shape index (κ2) is 6.10. The van der Waals surface area contributed by atoms with Gasteiger partial charge >= 0.3 is 0 Å². The fraction of sp³-hybridized carbons (Fsp3) is 0.136. The summed E-state index contributed by atoms with van der Waals surface area (Å²) in [5, 5.41) is 6.43. The van der Waals surface area contributed by atoms with Gasteiger partial charge in [-0.25, -0.2) is 0 Å². The monoisotopic (exact) mass is 327 g/mol. The first-order valence-electron chi connectivity index (χ1n) is 8.47. The van der Waals surface area contributed by atoms with E-state index in [0.29, 0.717) is 0 Å². The molecule has 0 radical (unpaired) electrons. The van der Waals surface area contributed by atoms with Crippen LogP contribution in [0.25, 0.3) is 11.1 Å². The van der Waals surface area contributed by atoms with Gasteiger partial charge in [0, 0.05) is 32.5 Å². The molecule has 0 saturated heterocycles. The molecule has 2 N–H and O–H groups in total. The highest BCUT2D eigenvalue weighted by Gasteiger charge is 2.27. The van der Waals surface area contributed by atoms with Gasteiger partial charge < -0.3 is 10.6 Å². The highest BCUT2D eigenvalue weighted by atomic mass is 14.8. The zero-order valence-electron chi connectivity index (χ0n) is 14.7. The first kappa shape index (κ1) is 15.5. The first-order chi connectivity index (χ1) is 12.2. The van der Waals surface area contributed by atoms with E-state index in [2.05, 4.69) is 76.3 Å². The van der Waals surface area contributed by atoms with Crippen molar-refractivity contribution in [2.45, 2.75) is 0 Å². The Morgan fingerprint density at radius 1 is 0.800 bits per heavy atom. The Labute approximate surface area is 148 Å². The van der Waals surface area contributed by atoms with E-state index >= 15 is 0 Å². The largest absolute Gasteiger partial charge is 0.388 e. The summed E-state index contributed by atoms with van der Waals surface area (Å²) in [6.07, 6.45) is 6.46. The molecule has 0 bridgehead atoms. The maximum absolute atomic E-state index is 4.35. The maximum atomic E-state index is 4.35. The normalized spacial score (nSPS) is 16.6. The molecule has 3 heteroatoms. The lowest BCUT2D eigenvalue weighted by atomic mass is 9.95. The van der Waals surface area contributed by atoms with Gasteiger partial charge in [0.25, 0.3) is 0 Å². The van der Waals surface area contributed by atoms with Crippen LogP contribution in [0.2, 0.25) is 0 Å². The van der Waals surface area contributed by atoms with Gasteiger partial charge in [-0.2, -0.15) is 0 Å². The van der Waals surface area contributed by atoms with Crippen LogP contribution in [-0.2, 0) is 0 Å². The third kappa shape index (κ3) is 2.49. The minimum atomic E-state index is 1.01. The Balaban J connectivity index is 1.94. The van der Waals surface area contributed by atoms with Crippen molar-refractivity contribution in [3.8, 4) is 0 Å². The van der Waals surface area contributed by atoms with Crippen molar-refractivity contribution in [3.05, 3.63) is 83.0 Å². The van der Waals surface area contributed by atoms with Crippen LogP contribution in [0.3, 0.4) is 0 Å². The van der Waals surface area contributed by atoms with Crippen molar-refractivity contribution >= 4 is 28.2 Å². The predicted molar refractivity (Wildman–Crippen MR) is 108 cm³/mol. The second-order valence-electron chi connectivity index (χ2n) is 6.17. The number of aliphatic imine (C=N–C) groups is 1. The number of benzene rings is 2. The molecule has 0 atom stereocenters. The molecule has 0 saturated carbocycles. The fourth-order valence-corrected chi connectivity index (χ4v) is 3.51. The summed E-state index contributed by atoms with van der Waals surface area (Å²) in [6.45, 7) is 0. The van der Waals surface area contributed by atoms with E-state index in [9.17, 15) is 0 Å². The van der Waals surface area contributed by atoms with Crippen LogP contribution in [0.4, 0.5) is 11.4 Å². The Morgan fingerprint density at radius 3 is 2.20 bits per heavy atom. The van der Waals surface area contributed by atoms with Gasteiger partial charge in [-0.3, -0.25) is 4.99 Å². The number of rotatable bonds is 3. The number of allylic oxidation sites excluding steroid dienone is 5. The van der Waals surface area contributed by atoms with Crippen LogP contribution in [0.15, 0.2) is 71.3 Å². The topological polar surface area (TPSA) is 36.4 Å². The van der Waals surface area contributed by atoms with Crippen LogP contribution in [-0.4, -0.2) is 26.9 Å². The first-order valence-corrected chi connectivity index (χ1v) is 8.47. The standard InChI is InChI=1S/C22H21N3/c1-23-15-6-4-14(5-7-15)22-18-10-8-16(24-2)12-20(18)21-13-17(25-3)9-11-19(21)22/h4-13,23-24H,1-3H3/b25-17+. The van der Waals surface area contributed by atoms with Gasteiger partial charge in [0.05, 0.1) is 5.71 Å². The minimum Gasteiger partial charge on any atom is -0.388 e. The van der Waals surface area contributed by atoms with Gasteiger partial charge in [-0.05, 0) is 69.8 Å². The van der Waals surface area contributed by atoms with E-state index in [1.807, 2.05) is 21.1 Å². The van der Waals surface area contributed by atoms with Crippen LogP contribution >= 0.6 is 0 Å². The fourth-order valence-electron chi connectivity index (χ4n) is 3.51. The van der Waals surface area contributed by atoms with Gasteiger partial charge in [0.15, 0.2) is 0 Å². The molecule has 0 aromatic heterocycles. The van der Waals surface area contributed by atoms with Crippen molar-refractivity contribution in [1.82, 2.24) is 0 Å². The molecule has 2 aromatic carbocycles. The summed E-state index contributed by atoms with van der Waals surface area (Å²) < 4.78 is 0. The third-order valence-corrected chi connectivity index (χ3v) is 4.86. The number of nitrogens with zero attached hydrogens (tertiary/aromatic N) is 1. The number of nitrogens with one attached hydrogen (secondary N) is 2. The lowest BCUT2D eigenvalue weighted by molar-refractivity contribution is 1.44. The second-order valence-corrected chi connectivity index (χ2v) is 6.17. The van der Waals surface area contributed by atoms with Crippen molar-refractivity contribution in [1.29, 1.82) is 0 Å². The summed E-state index contributed by atoms with van der Waals surface area (Å²) >= 11 is 0. The molecule has 4 rings (SSSR count). The van der Waals surface area contributed by atoms with Crippen LogP contribution < -0.4 is 10.6 Å². The van der Waals surface area contributed by atoms with Crippen molar-refractivity contribution in [2.24, 2.45) is 4.99 Å². The molecule has 2 aromatic rings. The lowest BCUT2D eigenvalue weighted by Gasteiger charge is -2.10. The number of hydrogen-bond acceptors (Lipinski definition) is 3. The Kier molecular flexibility index (Phi) is 3.77. The van der Waals surface area contributed by atoms with Crippen molar-refractivity contribution in [2.75, 3.05) is 31.8 Å². The third-order valence-electron chi connectivity index (χ3n) is 4.86. The summed E-state index contributed by atoms with van der Waals surface area (Å²) in [7, 11) is 5.73. The van der Waals surface area contributed by atoms with Crippen molar-refractivity contribution in [3.63, 3.8) is 0 Å². The molecule has 25 heavy (non-hydrogen) atoms. The molecule has 0 unspecified atom stereocenters. The Morgan fingerprint density at radius 2 is 1.52 bits per heavy atom. The number of hydrogen-bond donors (Lipinski definition) is 2. The van der Waals surface area contributed by atoms with E-state index in [1.165, 1.54) is 33.4 Å². The molecule has 0 fully saturated rings. The molecule has 2 aliphatic carbocycles. The molecule has 3 nitrogen and oxygen atoms in total. The van der Waals surface area contributed by atoms with E-state index in [1.54, 1.807) is 0 Å². The molecule has 0 heterocycles. The highest BCUT2D eigenvalue weighted by molar-refractivity contribution is 6.19. The number of fused-ring (bicyclic) bond motifs is 3. The zero-order valence-corrected chi connectivity index (χ0v) is 14.7. The molecule has 0 spiro atoms. The van der Waals surface area contributed by atoms with Gasteiger partial charge in [-0.1, -0.05) is 24.3 Å². The SMILES string of the molecule is C/N=C1\C=CC2=C(c3ccc(NC)cc3)c3ccc(NC)cc3C2=C1. The average Bonchev–Trinajstić information content (AvgIpc) is 3.00. The van der Waals surface area contributed by atoms with Crippen LogP contribution in [0.1, 0.15) is 16.7 Å². The predicted octanol–water partition coefficient (Wildman–Crippen LogP) is 4.61. The van der Waals surface area contributed by atoms with Crippen LogP contribution in [0, 0.1) is 0 Å². The zero-order chi connectivity index (χ0) is 17.4. The molecule has 124 valence electrons. The Bertz CT molecular complexity index is 957. The van der Waals surface area contributed by atoms with Crippen LogP contribution in [0.5, 0.6) is 0 Å². The lowest BCUT2D eigenvalue weighted by Crippen LogP contribution is -1.98. The van der Waals surface area contributed by atoms with Gasteiger partial charge in [0.2, 0.25) is 0 Å². The van der Waals surface area contributed by atoms with E-state index in [-0.39, 0.29) is 0 Å². The van der Waals surface area contributed by atoms with Crippen molar-refractivity contribution < 1.29 is 0 Å². The number of anilines is 2. The highest BCUT2D eigenvalue weighted by Crippen LogP contribution is 2.47. The molecular weight excluding hydrogens is 306 g/mol. The van der Waals surface area contributed by atoms with Gasteiger partial charge in [-0.15, -0.1) is 0 Å². The molecule has 0 aliphatic heterocycles. The Hall–Kier alpha value is -3.07. The summed E-state index contributed by atoms with van der Waals surface area (Å²) in [5.41, 5.74) is 10.8. The average molecular weight is 327 g/mol. The van der Waals surface area contributed by atoms with Gasteiger partial charge in [0.1, 0.15) is 0 Å². The van der Waals surface area contributed by atoms with E-state index < -0.39 is 0 Å². The smallest absolute Gasteiger partial charge is 0.0577 e. The summed E-state index contributed by atoms with van der Waals surface area (Å²) in [5.74, 6) is 0. The minimum absolute atomic E-state index is 1.01. The summed E-state index contributed by atoms with van der Waals surface area (Å²) in [6, 6.07) is 15.2. The molecule has 2 aliphatic rings. The van der Waals surface area contributed by atoms with E-state index in [0.717, 1.165) is 17.1 Å². The maximum Gasteiger partial charge on any atom is 0.0577 e. The molecule has 0 amide bonds.